The number of rotatable bonds is 3. The molecular formula is C14H12F2O6. The summed E-state index contributed by atoms with van der Waals surface area (Å²) in [7, 11) is 2.60. The van der Waals surface area contributed by atoms with E-state index in [0.29, 0.717) is 5.39 Å². The number of ether oxygens (including phenoxy) is 3. The van der Waals surface area contributed by atoms with Crippen LogP contribution in [0.3, 0.4) is 0 Å². The van der Waals surface area contributed by atoms with Gasteiger partial charge < -0.3 is 23.7 Å². The number of furan rings is 1. The lowest BCUT2D eigenvalue weighted by Gasteiger charge is -2.33. The molecule has 0 unspecified atom stereocenters. The maximum Gasteiger partial charge on any atom is 0.302 e. The van der Waals surface area contributed by atoms with Crippen LogP contribution in [0.5, 0.6) is 17.2 Å². The van der Waals surface area contributed by atoms with Crippen molar-refractivity contribution < 1.29 is 37.3 Å². The van der Waals surface area contributed by atoms with Crippen molar-refractivity contribution in [3.05, 3.63) is 17.9 Å². The Morgan fingerprint density at radius 3 is 2.59 bits per heavy atom. The third-order valence-corrected chi connectivity index (χ3v) is 3.50. The highest BCUT2D eigenvalue weighted by atomic mass is 19.3. The van der Waals surface area contributed by atoms with Crippen LogP contribution in [0.2, 0.25) is 0 Å². The number of hydrogen-bond donors (Lipinski definition) is 1. The van der Waals surface area contributed by atoms with Gasteiger partial charge in [-0.25, -0.2) is 8.78 Å². The summed E-state index contributed by atoms with van der Waals surface area (Å²) in [5.41, 5.74) is 0.114. The lowest BCUT2D eigenvalue weighted by Crippen LogP contribution is -2.48. The standard InChI is InChI=1S/C14H12F2O6/c1-19-9-6-3-4-21-10(6)12(20-2)11-8(9)7(17)5-14(18,22-11)13(15)16/h3-4,13,18H,5H2,1-2H3/t14-/m1/s1. The monoisotopic (exact) mass is 314 g/mol. The van der Waals surface area contributed by atoms with Crippen LogP contribution in [0, 0.1) is 0 Å². The van der Waals surface area contributed by atoms with Crippen LogP contribution in [0.25, 0.3) is 11.0 Å². The normalized spacial score (nSPS) is 20.9. The van der Waals surface area contributed by atoms with Crippen molar-refractivity contribution in [2.75, 3.05) is 14.2 Å². The van der Waals surface area contributed by atoms with Gasteiger partial charge in [0.25, 0.3) is 5.79 Å². The molecule has 1 N–H and O–H groups in total. The second kappa shape index (κ2) is 4.84. The Morgan fingerprint density at radius 1 is 1.32 bits per heavy atom. The Hall–Kier alpha value is -2.35. The quantitative estimate of drug-likeness (QED) is 0.937. The zero-order chi connectivity index (χ0) is 16.1. The third-order valence-electron chi connectivity index (χ3n) is 3.50. The summed E-state index contributed by atoms with van der Waals surface area (Å²) >= 11 is 0. The smallest absolute Gasteiger partial charge is 0.302 e. The molecular weight excluding hydrogens is 302 g/mol. The average Bonchev–Trinajstić information content (AvgIpc) is 2.93. The highest BCUT2D eigenvalue weighted by Gasteiger charge is 2.49. The van der Waals surface area contributed by atoms with Crippen molar-refractivity contribution in [2.45, 2.75) is 18.6 Å². The average molecular weight is 314 g/mol. The molecule has 0 saturated carbocycles. The van der Waals surface area contributed by atoms with Gasteiger partial charge in [-0.3, -0.25) is 4.79 Å². The number of alkyl halides is 2. The fraction of sp³-hybridized carbons (Fsp3) is 0.357. The van der Waals surface area contributed by atoms with Crippen LogP contribution in [0.1, 0.15) is 16.8 Å². The van der Waals surface area contributed by atoms with Gasteiger partial charge in [-0.1, -0.05) is 0 Å². The Balaban J connectivity index is 2.35. The van der Waals surface area contributed by atoms with Crippen LogP contribution in [-0.2, 0) is 0 Å². The summed E-state index contributed by atoms with van der Waals surface area (Å²) in [4.78, 5) is 12.3. The zero-order valence-electron chi connectivity index (χ0n) is 11.7. The number of carbonyl (C=O) groups excluding carboxylic acids is 1. The van der Waals surface area contributed by atoms with Crippen molar-refractivity contribution >= 4 is 16.8 Å². The van der Waals surface area contributed by atoms with E-state index < -0.39 is 24.4 Å². The summed E-state index contributed by atoms with van der Waals surface area (Å²) in [5, 5.41) is 10.3. The number of benzene rings is 1. The van der Waals surface area contributed by atoms with E-state index in [4.69, 9.17) is 18.6 Å². The van der Waals surface area contributed by atoms with E-state index in [2.05, 4.69) is 0 Å². The van der Waals surface area contributed by atoms with Crippen LogP contribution >= 0.6 is 0 Å². The Kier molecular flexibility index (Phi) is 3.21. The topological polar surface area (TPSA) is 78.1 Å². The van der Waals surface area contributed by atoms with Gasteiger partial charge >= 0.3 is 6.43 Å². The fourth-order valence-electron chi connectivity index (χ4n) is 2.52. The van der Waals surface area contributed by atoms with Crippen molar-refractivity contribution in [3.63, 3.8) is 0 Å². The largest absolute Gasteiger partial charge is 0.495 e. The van der Waals surface area contributed by atoms with Gasteiger partial charge in [0.2, 0.25) is 5.75 Å². The number of aliphatic hydroxyl groups is 1. The number of Topliss-reactive ketones (excluding diaryl/α,β-unsaturated/α-hetero) is 1. The molecule has 8 heteroatoms. The first-order valence-electron chi connectivity index (χ1n) is 6.30. The van der Waals surface area contributed by atoms with E-state index >= 15 is 0 Å². The maximum atomic E-state index is 13.0. The van der Waals surface area contributed by atoms with Gasteiger partial charge in [-0.15, -0.1) is 0 Å². The van der Waals surface area contributed by atoms with Gasteiger partial charge in [0.1, 0.15) is 11.3 Å². The summed E-state index contributed by atoms with van der Waals surface area (Å²) in [5.74, 6) is -3.89. The molecule has 1 aliphatic rings. The lowest BCUT2D eigenvalue weighted by molar-refractivity contribution is -0.220. The van der Waals surface area contributed by atoms with Crippen LogP contribution in [0.4, 0.5) is 8.78 Å². The van der Waals surface area contributed by atoms with Gasteiger partial charge in [-0.2, -0.15) is 0 Å². The van der Waals surface area contributed by atoms with Crippen molar-refractivity contribution in [1.82, 2.24) is 0 Å². The minimum Gasteiger partial charge on any atom is -0.495 e. The maximum absolute atomic E-state index is 13.0. The van der Waals surface area contributed by atoms with Gasteiger partial charge in [-0.05, 0) is 6.07 Å². The molecule has 118 valence electrons. The number of halogens is 2. The zero-order valence-corrected chi connectivity index (χ0v) is 11.7. The van der Waals surface area contributed by atoms with Gasteiger partial charge in [0, 0.05) is 0 Å². The van der Waals surface area contributed by atoms with Gasteiger partial charge in [0.15, 0.2) is 17.1 Å². The third kappa shape index (κ3) is 1.83. The van der Waals surface area contributed by atoms with E-state index in [1.54, 1.807) is 6.07 Å². The molecule has 0 aliphatic carbocycles. The molecule has 2 heterocycles. The van der Waals surface area contributed by atoms with E-state index in [-0.39, 0.29) is 28.4 Å². The van der Waals surface area contributed by atoms with Crippen molar-refractivity contribution in [3.8, 4) is 17.2 Å². The minimum atomic E-state index is -3.27. The highest BCUT2D eigenvalue weighted by molar-refractivity contribution is 6.10. The van der Waals surface area contributed by atoms with E-state index in [1.807, 2.05) is 0 Å². The number of hydrogen-bond acceptors (Lipinski definition) is 6. The van der Waals surface area contributed by atoms with Crippen molar-refractivity contribution in [1.29, 1.82) is 0 Å². The fourth-order valence-corrected chi connectivity index (χ4v) is 2.52. The first-order chi connectivity index (χ1) is 10.4. The molecule has 0 radical (unpaired) electrons. The van der Waals surface area contributed by atoms with Crippen LogP contribution < -0.4 is 14.2 Å². The van der Waals surface area contributed by atoms with Crippen LogP contribution in [0.15, 0.2) is 16.7 Å². The summed E-state index contributed by atoms with van der Waals surface area (Å²) in [6.07, 6.45) is -2.82. The van der Waals surface area contributed by atoms with E-state index in [0.717, 1.165) is 0 Å². The molecule has 22 heavy (non-hydrogen) atoms. The summed E-state index contributed by atoms with van der Waals surface area (Å²) in [6, 6.07) is 1.55. The Labute approximate surface area is 123 Å². The predicted molar refractivity (Wildman–Crippen MR) is 69.8 cm³/mol. The molecule has 0 fully saturated rings. The molecule has 0 bridgehead atoms. The first kappa shape index (κ1) is 14.6. The number of methoxy groups -OCH3 is 2. The molecule has 0 saturated heterocycles. The number of fused-ring (bicyclic) bond motifs is 2. The Morgan fingerprint density at radius 2 is 2.00 bits per heavy atom. The molecule has 1 aromatic heterocycles. The molecule has 1 aliphatic heterocycles. The van der Waals surface area contributed by atoms with Crippen LogP contribution in [-0.4, -0.2) is 37.3 Å². The number of ketones is 1. The number of carbonyl (C=O) groups is 1. The lowest BCUT2D eigenvalue weighted by atomic mass is 9.95. The second-order valence-electron chi connectivity index (χ2n) is 4.78. The Bertz CT molecular complexity index is 753. The first-order valence-corrected chi connectivity index (χ1v) is 6.30. The second-order valence-corrected chi connectivity index (χ2v) is 4.78. The SMILES string of the molecule is COc1c2c(c(OC)c3occc13)O[C@@](O)(C(F)F)CC2=O. The molecule has 3 rings (SSSR count). The molecule has 6 nitrogen and oxygen atoms in total. The summed E-state index contributed by atoms with van der Waals surface area (Å²) < 4.78 is 46.6. The van der Waals surface area contributed by atoms with Crippen molar-refractivity contribution in [2.24, 2.45) is 0 Å². The van der Waals surface area contributed by atoms with Gasteiger partial charge in [0.05, 0.1) is 32.3 Å². The molecule has 2 aromatic rings. The van der Waals surface area contributed by atoms with E-state index in [9.17, 15) is 18.7 Å². The molecule has 1 atom stereocenters. The molecule has 0 spiro atoms. The minimum absolute atomic E-state index is 0.0528. The predicted octanol–water partition coefficient (Wildman–Crippen LogP) is 2.37. The van der Waals surface area contributed by atoms with E-state index in [1.165, 1.54) is 20.5 Å². The molecule has 1 aromatic carbocycles. The summed E-state index contributed by atoms with van der Waals surface area (Å²) in [6.45, 7) is 0. The highest BCUT2D eigenvalue weighted by Crippen LogP contribution is 2.50. The molecule has 0 amide bonds.